The molecule has 0 unspecified atom stereocenters. The summed E-state index contributed by atoms with van der Waals surface area (Å²) in [5, 5.41) is 16.9. The molecule has 0 atom stereocenters. The summed E-state index contributed by atoms with van der Waals surface area (Å²) in [7, 11) is 0. The highest BCUT2D eigenvalue weighted by Crippen LogP contribution is 2.27. The van der Waals surface area contributed by atoms with E-state index in [4.69, 9.17) is 15.9 Å². The van der Waals surface area contributed by atoms with E-state index < -0.39 is 0 Å². The van der Waals surface area contributed by atoms with Gasteiger partial charge in [0.15, 0.2) is 0 Å². The molecule has 0 radical (unpaired) electrons. The summed E-state index contributed by atoms with van der Waals surface area (Å²) >= 11 is 0. The van der Waals surface area contributed by atoms with Gasteiger partial charge in [-0.15, -0.1) is 0 Å². The monoisotopic (exact) mass is 265 g/mol. The molecule has 4 nitrogen and oxygen atoms in total. The molecule has 0 aliphatic carbocycles. The van der Waals surface area contributed by atoms with E-state index in [0.29, 0.717) is 23.5 Å². The third kappa shape index (κ3) is 2.78. The zero-order valence-electron chi connectivity index (χ0n) is 11.2. The molecule has 2 rings (SSSR count). The van der Waals surface area contributed by atoms with Gasteiger partial charge in [0.2, 0.25) is 0 Å². The number of benzene rings is 2. The highest BCUT2D eigenvalue weighted by atomic mass is 16.5. The summed E-state index contributed by atoms with van der Waals surface area (Å²) < 4.78 is 5.74. The Morgan fingerprint density at radius 3 is 2.55 bits per heavy atom. The van der Waals surface area contributed by atoms with Crippen LogP contribution in [0.5, 0.6) is 5.75 Å². The molecule has 4 heteroatoms. The Balaban J connectivity index is 2.37. The molecule has 0 fully saturated rings. The van der Waals surface area contributed by atoms with Crippen LogP contribution in [-0.4, -0.2) is 5.84 Å². The first-order valence-corrected chi connectivity index (χ1v) is 6.18. The lowest BCUT2D eigenvalue weighted by molar-refractivity contribution is 0.304. The van der Waals surface area contributed by atoms with Gasteiger partial charge in [-0.2, -0.15) is 5.26 Å². The van der Waals surface area contributed by atoms with Gasteiger partial charge >= 0.3 is 0 Å². The van der Waals surface area contributed by atoms with Crippen molar-refractivity contribution in [3.05, 3.63) is 64.7 Å². The number of nitrogens with one attached hydrogen (secondary N) is 1. The minimum absolute atomic E-state index is 0.107. The predicted octanol–water partition coefficient (Wildman–Crippen LogP) is 2.73. The van der Waals surface area contributed by atoms with Crippen LogP contribution >= 0.6 is 0 Å². The summed E-state index contributed by atoms with van der Waals surface area (Å²) in [4.78, 5) is 0. The van der Waals surface area contributed by atoms with E-state index in [9.17, 15) is 5.26 Å². The van der Waals surface area contributed by atoms with E-state index >= 15 is 0 Å². The van der Waals surface area contributed by atoms with Crippen molar-refractivity contribution in [1.29, 1.82) is 10.7 Å². The minimum atomic E-state index is -0.107. The Bertz CT molecular complexity index is 672. The first-order valence-electron chi connectivity index (χ1n) is 6.18. The number of amidine groups is 1. The van der Waals surface area contributed by atoms with Gasteiger partial charge in [0, 0.05) is 0 Å². The molecule has 0 bridgehead atoms. The van der Waals surface area contributed by atoms with Crippen LogP contribution in [0.4, 0.5) is 0 Å². The summed E-state index contributed by atoms with van der Waals surface area (Å²) in [6.45, 7) is 2.16. The Labute approximate surface area is 117 Å². The van der Waals surface area contributed by atoms with Crippen LogP contribution in [0.25, 0.3) is 0 Å². The van der Waals surface area contributed by atoms with Crippen molar-refractivity contribution in [3.63, 3.8) is 0 Å². The number of ether oxygens (including phenoxy) is 1. The van der Waals surface area contributed by atoms with Crippen molar-refractivity contribution in [3.8, 4) is 11.8 Å². The van der Waals surface area contributed by atoms with Crippen molar-refractivity contribution < 1.29 is 4.74 Å². The molecular weight excluding hydrogens is 250 g/mol. The first-order chi connectivity index (χ1) is 9.63. The number of nitrogens with two attached hydrogens (primary N) is 1. The van der Waals surface area contributed by atoms with Crippen molar-refractivity contribution in [2.45, 2.75) is 13.5 Å². The number of nitrogen functional groups attached to an aromatic ring is 1. The molecule has 0 heterocycles. The second-order valence-electron chi connectivity index (χ2n) is 4.43. The first kappa shape index (κ1) is 13.6. The topological polar surface area (TPSA) is 82.9 Å². The zero-order valence-corrected chi connectivity index (χ0v) is 11.2. The van der Waals surface area contributed by atoms with Crippen LogP contribution in [0.3, 0.4) is 0 Å². The lowest BCUT2D eigenvalue weighted by Gasteiger charge is -2.14. The van der Waals surface area contributed by atoms with Crippen molar-refractivity contribution in [2.24, 2.45) is 5.73 Å². The third-order valence-corrected chi connectivity index (χ3v) is 2.99. The van der Waals surface area contributed by atoms with E-state index in [0.717, 1.165) is 11.1 Å². The van der Waals surface area contributed by atoms with Gasteiger partial charge in [-0.25, -0.2) is 0 Å². The summed E-state index contributed by atoms with van der Waals surface area (Å²) in [6.07, 6.45) is 0. The normalized spacial score (nSPS) is 9.80. The molecule has 0 saturated carbocycles. The maximum atomic E-state index is 9.26. The Morgan fingerprint density at radius 1 is 1.25 bits per heavy atom. The number of aryl methyl sites for hydroxylation is 1. The largest absolute Gasteiger partial charge is 0.487 e. The van der Waals surface area contributed by atoms with Crippen molar-refractivity contribution >= 4 is 5.84 Å². The van der Waals surface area contributed by atoms with E-state index in [2.05, 4.69) is 6.07 Å². The molecule has 20 heavy (non-hydrogen) atoms. The SMILES string of the molecule is Cc1ccc(C(=N)N)c(OCc2ccccc2)c1C#N. The number of rotatable bonds is 4. The van der Waals surface area contributed by atoms with Crippen LogP contribution in [0.1, 0.15) is 22.3 Å². The van der Waals surface area contributed by atoms with E-state index in [-0.39, 0.29) is 5.84 Å². The highest BCUT2D eigenvalue weighted by Gasteiger charge is 2.14. The van der Waals surface area contributed by atoms with Crippen LogP contribution in [0.15, 0.2) is 42.5 Å². The lowest BCUT2D eigenvalue weighted by atomic mass is 10.0. The van der Waals surface area contributed by atoms with Gasteiger partial charge in [-0.1, -0.05) is 36.4 Å². The van der Waals surface area contributed by atoms with Gasteiger partial charge in [0.1, 0.15) is 24.3 Å². The molecule has 0 amide bonds. The minimum Gasteiger partial charge on any atom is -0.487 e. The molecule has 2 aromatic rings. The molecular formula is C16H15N3O. The second-order valence-corrected chi connectivity index (χ2v) is 4.43. The Hall–Kier alpha value is -2.80. The summed E-state index contributed by atoms with van der Waals surface area (Å²) in [5.74, 6) is 0.272. The van der Waals surface area contributed by atoms with Crippen LogP contribution in [0, 0.1) is 23.7 Å². The number of nitriles is 1. The number of hydrogen-bond donors (Lipinski definition) is 2. The average molecular weight is 265 g/mol. The second kappa shape index (κ2) is 5.89. The van der Waals surface area contributed by atoms with Gasteiger partial charge < -0.3 is 10.5 Å². The lowest BCUT2D eigenvalue weighted by Crippen LogP contribution is -2.14. The van der Waals surface area contributed by atoms with Crippen molar-refractivity contribution in [1.82, 2.24) is 0 Å². The molecule has 100 valence electrons. The van der Waals surface area contributed by atoms with Gasteiger partial charge in [0.05, 0.1) is 11.1 Å². The summed E-state index contributed by atoms with van der Waals surface area (Å²) in [6, 6.07) is 15.2. The Kier molecular flexibility index (Phi) is 4.02. The molecule has 2 aromatic carbocycles. The zero-order chi connectivity index (χ0) is 14.5. The van der Waals surface area contributed by atoms with Crippen molar-refractivity contribution in [2.75, 3.05) is 0 Å². The van der Waals surface area contributed by atoms with Crippen LogP contribution in [0.2, 0.25) is 0 Å². The predicted molar refractivity (Wildman–Crippen MR) is 77.7 cm³/mol. The smallest absolute Gasteiger partial charge is 0.148 e. The van der Waals surface area contributed by atoms with Crippen LogP contribution in [-0.2, 0) is 6.61 Å². The fraction of sp³-hybridized carbons (Fsp3) is 0.125. The van der Waals surface area contributed by atoms with E-state index in [1.54, 1.807) is 12.1 Å². The van der Waals surface area contributed by atoms with Gasteiger partial charge in [-0.3, -0.25) is 5.41 Å². The molecule has 0 aromatic heterocycles. The van der Waals surface area contributed by atoms with Crippen LogP contribution < -0.4 is 10.5 Å². The molecule has 0 spiro atoms. The maximum Gasteiger partial charge on any atom is 0.148 e. The summed E-state index contributed by atoms with van der Waals surface area (Å²) in [5.41, 5.74) is 8.22. The Morgan fingerprint density at radius 2 is 1.95 bits per heavy atom. The van der Waals surface area contributed by atoms with Gasteiger partial charge in [0.25, 0.3) is 0 Å². The van der Waals surface area contributed by atoms with E-state index in [1.165, 1.54) is 0 Å². The molecule has 0 saturated heterocycles. The number of nitrogens with zero attached hydrogens (tertiary/aromatic N) is 1. The molecule has 0 aliphatic heterocycles. The average Bonchev–Trinajstić information content (AvgIpc) is 2.45. The highest BCUT2D eigenvalue weighted by molar-refractivity contribution is 5.98. The van der Waals surface area contributed by atoms with E-state index in [1.807, 2.05) is 37.3 Å². The number of hydrogen-bond acceptors (Lipinski definition) is 3. The third-order valence-electron chi connectivity index (χ3n) is 2.99. The maximum absolute atomic E-state index is 9.26. The quantitative estimate of drug-likeness (QED) is 0.658. The van der Waals surface area contributed by atoms with Gasteiger partial charge in [-0.05, 0) is 24.1 Å². The molecule has 0 aliphatic rings. The fourth-order valence-electron chi connectivity index (χ4n) is 1.91. The standard InChI is InChI=1S/C16H15N3O/c1-11-7-8-13(16(18)19)15(14(11)9-17)20-10-12-5-3-2-4-6-12/h2-8H,10H2,1H3,(H3,18,19). The molecule has 3 N–H and O–H groups in total. The fourth-order valence-corrected chi connectivity index (χ4v) is 1.91.